The molecule has 2 aromatic carbocycles. The summed E-state index contributed by atoms with van der Waals surface area (Å²) < 4.78 is 58.8. The van der Waals surface area contributed by atoms with Crippen molar-refractivity contribution in [1.29, 1.82) is 0 Å². The Bertz CT molecular complexity index is 3240. The lowest BCUT2D eigenvalue weighted by Gasteiger charge is -2.32. The molecule has 0 aliphatic carbocycles. The van der Waals surface area contributed by atoms with Crippen LogP contribution in [0.5, 0.6) is 5.75 Å². The standard InChI is InChI=1S/C63H98N14O17S/c1-7-75-23-21-73(4)22-24-76(27-28-77(26-25-75)44-57(81)82)43-56(80)71-51(14-15-55(79)65-20-32-90-6)61(85)66-17-10-30-92-34-36-93-35-33-91-29-9-16-64-54(78)11-8-31-94-48-37-45(2)59(46(3)38-48)95(88,89)72-52(62(86)87)41-69-60(84)50-42-74(5)53-39-47(12-13-49(53)58(50)83)40-70-63-67-18-19-68-63/h12-13,18-19,37-39,42,51-52,72H,7-11,14-17,20-36,40-41,43-44H2,1-6H3,(H,64,78)(H,65,79)(H,66,85)(H,69,84)(H,71,80)(H,81,82)(H,86,87)(H2,67,68,70)/t51-,52?/m1/s1. The van der Waals surface area contributed by atoms with Gasteiger partial charge in [0, 0.05) is 149 Å². The fourth-order valence-corrected chi connectivity index (χ4v) is 11.9. The summed E-state index contributed by atoms with van der Waals surface area (Å²) in [5.74, 6) is -3.71. The van der Waals surface area contributed by atoms with Crippen molar-refractivity contribution in [3.63, 3.8) is 0 Å². The Labute approximate surface area is 555 Å². The number of carbonyl (C=O) groups is 7. The highest BCUT2D eigenvalue weighted by Crippen LogP contribution is 2.26. The lowest BCUT2D eigenvalue weighted by molar-refractivity contribution is -0.139. The highest BCUT2D eigenvalue weighted by atomic mass is 32.2. The number of likely N-dealkylation sites (N-methyl/N-ethyl adjacent to an activating group) is 2. The summed E-state index contributed by atoms with van der Waals surface area (Å²) in [4.78, 5) is 118. The molecule has 0 saturated carbocycles. The normalized spacial score (nSPS) is 14.6. The van der Waals surface area contributed by atoms with E-state index in [0.29, 0.717) is 135 Å². The van der Waals surface area contributed by atoms with Gasteiger partial charge in [-0.1, -0.05) is 13.0 Å². The predicted octanol–water partition coefficient (Wildman–Crippen LogP) is -0.143. The maximum atomic E-state index is 13.7. The number of methoxy groups -OCH3 is 1. The Kier molecular flexibility index (Phi) is 34.5. The number of amides is 5. The van der Waals surface area contributed by atoms with E-state index >= 15 is 0 Å². The Morgan fingerprint density at radius 2 is 1.31 bits per heavy atom. The van der Waals surface area contributed by atoms with Gasteiger partial charge in [0.1, 0.15) is 23.4 Å². The number of sulfonamides is 1. The fourth-order valence-electron chi connectivity index (χ4n) is 10.3. The molecule has 1 unspecified atom stereocenters. The van der Waals surface area contributed by atoms with Gasteiger partial charge in [0.2, 0.25) is 39.1 Å². The average molecular weight is 1360 g/mol. The lowest BCUT2D eigenvalue weighted by Crippen LogP contribution is -2.52. The monoisotopic (exact) mass is 1350 g/mol. The third kappa shape index (κ3) is 28.7. The van der Waals surface area contributed by atoms with Crippen molar-refractivity contribution in [2.45, 2.75) is 82.8 Å². The zero-order valence-electron chi connectivity index (χ0n) is 55.6. The molecule has 1 aliphatic rings. The number of ether oxygens (including phenoxy) is 5. The van der Waals surface area contributed by atoms with E-state index in [0.717, 1.165) is 31.7 Å². The van der Waals surface area contributed by atoms with Crippen LogP contribution in [-0.4, -0.2) is 272 Å². The molecule has 0 spiro atoms. The first-order valence-corrected chi connectivity index (χ1v) is 33.6. The van der Waals surface area contributed by atoms with Crippen molar-refractivity contribution in [3.05, 3.63) is 81.4 Å². The molecule has 32 heteroatoms. The molecule has 528 valence electrons. The van der Waals surface area contributed by atoms with Gasteiger partial charge in [-0.3, -0.25) is 48.2 Å². The van der Waals surface area contributed by atoms with E-state index in [4.69, 9.17) is 23.7 Å². The molecule has 4 aromatic rings. The van der Waals surface area contributed by atoms with Crippen LogP contribution < -0.4 is 46.8 Å². The Morgan fingerprint density at radius 3 is 1.94 bits per heavy atom. The number of carbonyl (C=O) groups excluding carboxylic acids is 5. The molecule has 1 aliphatic heterocycles. The number of anilines is 1. The minimum Gasteiger partial charge on any atom is -0.494 e. The number of rotatable bonds is 42. The SMILES string of the molecule is CCN1CCN(C)CCN(CC(=O)N[C@H](CCC(=O)NCCOC)C(=O)NCCCOCCOCCOCCCNC(=O)CCCOc2cc(C)c(S(=O)(=O)NC(CNC(=O)c3cn(C)c4cc(CNc5ncc[nH]5)ccc4c3=O)C(=O)O)c(C)c2)CCN(CC(=O)O)CC1. The molecular formula is C63H98N14O17S. The van der Waals surface area contributed by atoms with Gasteiger partial charge in [-0.2, -0.15) is 4.72 Å². The van der Waals surface area contributed by atoms with Crippen LogP contribution in [0.2, 0.25) is 0 Å². The number of nitrogens with zero attached hydrogens (tertiary/aromatic N) is 6. The molecule has 95 heavy (non-hydrogen) atoms. The number of nitrogens with one attached hydrogen (secondary N) is 8. The van der Waals surface area contributed by atoms with Gasteiger partial charge in [0.25, 0.3) is 5.91 Å². The summed E-state index contributed by atoms with van der Waals surface area (Å²) in [7, 11) is 0.749. The van der Waals surface area contributed by atoms with Crippen molar-refractivity contribution < 1.29 is 75.9 Å². The molecule has 2 atom stereocenters. The van der Waals surface area contributed by atoms with Gasteiger partial charge in [0.05, 0.1) is 63.1 Å². The molecular weight excluding hydrogens is 1260 g/mol. The summed E-state index contributed by atoms with van der Waals surface area (Å²) in [6, 6.07) is 5.34. The van der Waals surface area contributed by atoms with E-state index in [1.165, 1.54) is 39.3 Å². The van der Waals surface area contributed by atoms with E-state index < -0.39 is 57.8 Å². The summed E-state index contributed by atoms with van der Waals surface area (Å²) in [6.07, 6.45) is 6.28. The molecule has 0 radical (unpaired) electrons. The molecule has 10 N–H and O–H groups in total. The summed E-state index contributed by atoms with van der Waals surface area (Å²) in [5, 5.41) is 36.6. The molecule has 3 heterocycles. The number of carboxylic acid groups (broad SMARTS) is 2. The number of hydrogen-bond donors (Lipinski definition) is 10. The quantitative estimate of drug-likeness (QED) is 0.0258. The van der Waals surface area contributed by atoms with E-state index in [9.17, 15) is 57.0 Å². The number of aromatic nitrogens is 3. The van der Waals surface area contributed by atoms with Gasteiger partial charge >= 0.3 is 11.9 Å². The zero-order valence-corrected chi connectivity index (χ0v) is 56.4. The second-order valence-electron chi connectivity index (χ2n) is 23.1. The van der Waals surface area contributed by atoms with Crippen LogP contribution >= 0.6 is 0 Å². The van der Waals surface area contributed by atoms with Crippen LogP contribution in [0.1, 0.15) is 72.5 Å². The number of benzene rings is 2. The average Bonchev–Trinajstić information content (AvgIpc) is 0.961. The number of H-pyrrole nitrogens is 1. The Balaban J connectivity index is 0.918. The van der Waals surface area contributed by atoms with Crippen molar-refractivity contribution in [2.75, 3.05) is 171 Å². The van der Waals surface area contributed by atoms with Gasteiger partial charge in [0.15, 0.2) is 5.95 Å². The summed E-state index contributed by atoms with van der Waals surface area (Å²) in [5.41, 5.74) is 1.09. The number of pyridine rings is 1. The second kappa shape index (κ2) is 42.0. The zero-order chi connectivity index (χ0) is 69.1. The van der Waals surface area contributed by atoms with Crippen molar-refractivity contribution in [1.82, 2.24) is 65.4 Å². The van der Waals surface area contributed by atoms with Crippen LogP contribution in [0, 0.1) is 13.8 Å². The van der Waals surface area contributed by atoms with Crippen LogP contribution in [0.25, 0.3) is 10.9 Å². The number of hydrogen-bond acceptors (Lipinski definition) is 21. The maximum absolute atomic E-state index is 13.7. The predicted molar refractivity (Wildman–Crippen MR) is 354 cm³/mol. The highest BCUT2D eigenvalue weighted by molar-refractivity contribution is 7.89. The third-order valence-corrected chi connectivity index (χ3v) is 17.3. The van der Waals surface area contributed by atoms with E-state index in [-0.39, 0.29) is 90.2 Å². The van der Waals surface area contributed by atoms with Crippen LogP contribution in [0.4, 0.5) is 5.95 Å². The molecule has 31 nitrogen and oxygen atoms in total. The number of imidazole rings is 1. The fraction of sp³-hybridized carbons (Fsp3) is 0.603. The van der Waals surface area contributed by atoms with Gasteiger partial charge in [-0.05, 0) is 94.1 Å². The Morgan fingerprint density at radius 1 is 0.695 bits per heavy atom. The number of fused-ring (bicyclic) bond motifs is 1. The van der Waals surface area contributed by atoms with Crippen LogP contribution in [0.15, 0.2) is 58.6 Å². The van der Waals surface area contributed by atoms with E-state index in [2.05, 4.69) is 63.3 Å². The molecule has 5 rings (SSSR count). The van der Waals surface area contributed by atoms with Crippen LogP contribution in [-0.2, 0) is 71.3 Å². The number of aryl methyl sites for hydroxylation is 3. The smallest absolute Gasteiger partial charge is 0.323 e. The van der Waals surface area contributed by atoms with E-state index in [1.807, 2.05) is 16.8 Å². The minimum atomic E-state index is -4.46. The van der Waals surface area contributed by atoms with Crippen molar-refractivity contribution in [3.8, 4) is 5.75 Å². The largest absolute Gasteiger partial charge is 0.494 e. The highest BCUT2D eigenvalue weighted by Gasteiger charge is 2.30. The molecule has 5 amide bonds. The molecule has 1 fully saturated rings. The summed E-state index contributed by atoms with van der Waals surface area (Å²) in [6.45, 7) is 14.2. The number of aromatic amines is 1. The molecule has 2 aromatic heterocycles. The summed E-state index contributed by atoms with van der Waals surface area (Å²) >= 11 is 0. The first-order valence-electron chi connectivity index (χ1n) is 32.1. The number of carboxylic acids is 2. The maximum Gasteiger partial charge on any atom is 0.323 e. The van der Waals surface area contributed by atoms with E-state index in [1.54, 1.807) is 42.2 Å². The Hall–Kier alpha value is -7.66. The first-order chi connectivity index (χ1) is 45.6. The van der Waals surface area contributed by atoms with Gasteiger partial charge < -0.3 is 85.1 Å². The van der Waals surface area contributed by atoms with Crippen molar-refractivity contribution in [2.24, 2.45) is 7.05 Å². The topological polar surface area (TPSA) is 388 Å². The van der Waals surface area contributed by atoms with Crippen LogP contribution in [0.3, 0.4) is 0 Å². The van der Waals surface area contributed by atoms with Gasteiger partial charge in [-0.25, -0.2) is 13.4 Å². The third-order valence-electron chi connectivity index (χ3n) is 15.5. The lowest BCUT2D eigenvalue weighted by atomic mass is 10.1. The first kappa shape index (κ1) is 78.0. The molecule has 1 saturated heterocycles. The number of aliphatic carboxylic acids is 2. The minimum absolute atomic E-state index is 0.000159. The van der Waals surface area contributed by atoms with Crippen molar-refractivity contribution >= 4 is 68.3 Å². The second-order valence-corrected chi connectivity index (χ2v) is 24.7. The molecule has 0 bridgehead atoms. The van der Waals surface area contributed by atoms with Gasteiger partial charge in [-0.15, -0.1) is 0 Å².